The van der Waals surface area contributed by atoms with Crippen molar-refractivity contribution in [2.45, 2.75) is 31.2 Å². The van der Waals surface area contributed by atoms with Crippen molar-refractivity contribution in [2.75, 3.05) is 0 Å². The van der Waals surface area contributed by atoms with Crippen LogP contribution in [0.2, 0.25) is 0 Å². The molecule has 2 heterocycles. The summed E-state index contributed by atoms with van der Waals surface area (Å²) in [7, 11) is 1.69. The van der Waals surface area contributed by atoms with Crippen LogP contribution in [0.4, 0.5) is 0 Å². The molecule has 1 saturated carbocycles. The lowest BCUT2D eigenvalue weighted by atomic mass is 9.83. The van der Waals surface area contributed by atoms with E-state index in [1.807, 2.05) is 24.3 Å². The summed E-state index contributed by atoms with van der Waals surface area (Å²) >= 11 is 0. The fourth-order valence-electron chi connectivity index (χ4n) is 3.49. The first-order valence-electron chi connectivity index (χ1n) is 8.17. The van der Waals surface area contributed by atoms with Crippen LogP contribution in [0.15, 0.2) is 47.5 Å². The quantitative estimate of drug-likeness (QED) is 0.700. The van der Waals surface area contributed by atoms with Gasteiger partial charge in [0.2, 0.25) is 5.91 Å². The van der Waals surface area contributed by atoms with Crippen molar-refractivity contribution in [2.24, 2.45) is 7.05 Å². The van der Waals surface area contributed by atoms with Crippen LogP contribution in [-0.2, 0) is 18.4 Å². The average molecular weight is 341 g/mol. The molecule has 25 heavy (non-hydrogen) atoms. The molecule has 1 amide bonds. The van der Waals surface area contributed by atoms with E-state index >= 15 is 0 Å². The number of aliphatic hydroxyl groups excluding tert-OH is 1. The van der Waals surface area contributed by atoms with E-state index < -0.39 is 6.10 Å². The number of carbonyl (C=O) groups is 1. The van der Waals surface area contributed by atoms with E-state index in [1.54, 1.807) is 30.2 Å². The van der Waals surface area contributed by atoms with Gasteiger partial charge in [-0.1, -0.05) is 12.1 Å². The Kier molecular flexibility index (Phi) is 3.69. The van der Waals surface area contributed by atoms with E-state index in [1.165, 1.54) is 9.13 Å². The van der Waals surface area contributed by atoms with Gasteiger partial charge in [-0.15, -0.1) is 0 Å². The highest BCUT2D eigenvalue weighted by Gasteiger charge is 2.42. The number of imidazole rings is 1. The number of carbonyl (C=O) groups excluding carboxylic acids is 1. The number of amides is 1. The van der Waals surface area contributed by atoms with Crippen molar-refractivity contribution in [1.29, 1.82) is 0 Å². The molecule has 8 nitrogen and oxygen atoms in total. The molecule has 1 fully saturated rings. The molecule has 1 aliphatic carbocycles. The second-order valence-electron chi connectivity index (χ2n) is 6.37. The summed E-state index contributed by atoms with van der Waals surface area (Å²) in [5.74, 6) is -0.257. The van der Waals surface area contributed by atoms with E-state index in [0.717, 1.165) is 11.0 Å². The third-order valence-electron chi connectivity index (χ3n) is 4.83. The van der Waals surface area contributed by atoms with Crippen molar-refractivity contribution in [3.63, 3.8) is 0 Å². The lowest BCUT2D eigenvalue weighted by Gasteiger charge is -2.41. The first kappa shape index (κ1) is 15.6. The highest BCUT2D eigenvalue weighted by Crippen LogP contribution is 2.32. The van der Waals surface area contributed by atoms with Crippen LogP contribution in [0, 0.1) is 0 Å². The van der Waals surface area contributed by atoms with Gasteiger partial charge in [0.1, 0.15) is 6.54 Å². The zero-order chi connectivity index (χ0) is 17.6. The molecule has 0 aliphatic heterocycles. The topological polar surface area (TPSA) is 94.1 Å². The number of aromatic nitrogens is 4. The zero-order valence-electron chi connectivity index (χ0n) is 13.7. The first-order valence-corrected chi connectivity index (χ1v) is 8.17. The fourth-order valence-corrected chi connectivity index (χ4v) is 3.49. The average Bonchev–Trinajstić information content (AvgIpc) is 3.18. The number of benzene rings is 1. The first-order chi connectivity index (χ1) is 12.1. The van der Waals surface area contributed by atoms with Gasteiger partial charge in [0.25, 0.3) is 0 Å². The molecule has 2 N–H and O–H groups in total. The van der Waals surface area contributed by atoms with Gasteiger partial charge in [-0.05, 0) is 24.6 Å². The molecular weight excluding hydrogens is 322 g/mol. The lowest BCUT2D eigenvalue weighted by Crippen LogP contribution is -2.56. The second kappa shape index (κ2) is 5.89. The molecule has 0 saturated heterocycles. The van der Waals surface area contributed by atoms with E-state index in [2.05, 4.69) is 10.4 Å². The number of fused-ring (bicyclic) bond motifs is 1. The van der Waals surface area contributed by atoms with Gasteiger partial charge in [-0.25, -0.2) is 4.79 Å². The van der Waals surface area contributed by atoms with E-state index in [0.29, 0.717) is 6.42 Å². The summed E-state index contributed by atoms with van der Waals surface area (Å²) in [6, 6.07) is 8.67. The Bertz CT molecular complexity index is 972. The lowest BCUT2D eigenvalue weighted by molar-refractivity contribution is -0.125. The van der Waals surface area contributed by atoms with Crippen molar-refractivity contribution >= 4 is 16.9 Å². The maximum absolute atomic E-state index is 12.5. The molecule has 0 unspecified atom stereocenters. The molecule has 130 valence electrons. The maximum atomic E-state index is 12.5. The summed E-state index contributed by atoms with van der Waals surface area (Å²) in [5.41, 5.74) is 1.28. The molecule has 2 aromatic heterocycles. The van der Waals surface area contributed by atoms with Crippen molar-refractivity contribution in [1.82, 2.24) is 24.2 Å². The number of nitrogens with one attached hydrogen (secondary N) is 1. The Morgan fingerprint density at radius 2 is 2.08 bits per heavy atom. The van der Waals surface area contributed by atoms with Gasteiger partial charge in [-0.3, -0.25) is 18.6 Å². The van der Waals surface area contributed by atoms with Crippen LogP contribution in [-0.4, -0.2) is 42.1 Å². The Labute approximate surface area is 143 Å². The predicted octanol–water partition coefficient (Wildman–Crippen LogP) is 0.0272. The van der Waals surface area contributed by atoms with Crippen LogP contribution >= 0.6 is 0 Å². The molecule has 3 atom stereocenters. The van der Waals surface area contributed by atoms with Crippen molar-refractivity contribution in [3.8, 4) is 0 Å². The molecule has 3 aromatic rings. The predicted molar refractivity (Wildman–Crippen MR) is 91.0 cm³/mol. The van der Waals surface area contributed by atoms with Crippen LogP contribution in [0.3, 0.4) is 0 Å². The number of para-hydroxylation sites is 2. The summed E-state index contributed by atoms with van der Waals surface area (Å²) in [4.78, 5) is 24.8. The van der Waals surface area contributed by atoms with Crippen LogP contribution in [0.5, 0.6) is 0 Å². The van der Waals surface area contributed by atoms with Crippen LogP contribution in [0.1, 0.15) is 12.5 Å². The summed E-state index contributed by atoms with van der Waals surface area (Å²) in [6.07, 6.45) is 3.34. The highest BCUT2D eigenvalue weighted by atomic mass is 16.3. The third kappa shape index (κ3) is 2.54. The Balaban J connectivity index is 1.52. The van der Waals surface area contributed by atoms with Gasteiger partial charge >= 0.3 is 5.69 Å². The Morgan fingerprint density at radius 3 is 2.76 bits per heavy atom. The van der Waals surface area contributed by atoms with Gasteiger partial charge < -0.3 is 10.4 Å². The minimum absolute atomic E-state index is 0.0569. The Hall–Kier alpha value is -2.87. The molecule has 0 spiro atoms. The molecule has 8 heteroatoms. The number of aryl methyl sites for hydroxylation is 1. The monoisotopic (exact) mass is 341 g/mol. The summed E-state index contributed by atoms with van der Waals surface area (Å²) in [6.45, 7) is -0.0569. The largest absolute Gasteiger partial charge is 0.391 e. The number of aliphatic hydroxyl groups is 1. The third-order valence-corrected chi connectivity index (χ3v) is 4.83. The minimum atomic E-state index is -0.537. The smallest absolute Gasteiger partial charge is 0.329 e. The normalized spacial score (nSPS) is 22.7. The SMILES string of the molecule is Cn1c(=O)n(CC(=O)N[C@H]2C[C@@H](O)[C@@H]2n2cccn2)c2ccccc21. The standard InChI is InChI=1S/C17H19N5O3/c1-20-12-5-2-3-6-13(12)21(17(20)25)10-15(24)19-11-9-14(23)16(11)22-8-4-7-18-22/h2-8,11,14,16,23H,9-10H2,1H3,(H,19,24)/t11-,14+,16+/m0/s1. The number of hydrogen-bond donors (Lipinski definition) is 2. The van der Waals surface area contributed by atoms with E-state index in [9.17, 15) is 14.7 Å². The number of rotatable bonds is 4. The number of nitrogens with zero attached hydrogens (tertiary/aromatic N) is 4. The van der Waals surface area contributed by atoms with Gasteiger partial charge in [-0.2, -0.15) is 5.10 Å². The van der Waals surface area contributed by atoms with Crippen LogP contribution < -0.4 is 11.0 Å². The molecule has 1 aliphatic rings. The number of hydrogen-bond acceptors (Lipinski definition) is 4. The minimum Gasteiger partial charge on any atom is -0.391 e. The maximum Gasteiger partial charge on any atom is 0.329 e. The highest BCUT2D eigenvalue weighted by molar-refractivity contribution is 5.81. The van der Waals surface area contributed by atoms with E-state index in [4.69, 9.17) is 0 Å². The van der Waals surface area contributed by atoms with Crippen molar-refractivity contribution in [3.05, 3.63) is 53.2 Å². The van der Waals surface area contributed by atoms with Crippen molar-refractivity contribution < 1.29 is 9.90 Å². The molecule has 4 rings (SSSR count). The Morgan fingerprint density at radius 1 is 1.32 bits per heavy atom. The molecule has 1 aromatic carbocycles. The van der Waals surface area contributed by atoms with Gasteiger partial charge in [0.15, 0.2) is 0 Å². The van der Waals surface area contributed by atoms with Gasteiger partial charge in [0, 0.05) is 19.4 Å². The molecule has 0 bridgehead atoms. The second-order valence-corrected chi connectivity index (χ2v) is 6.37. The zero-order valence-corrected chi connectivity index (χ0v) is 13.7. The van der Waals surface area contributed by atoms with Gasteiger partial charge in [0.05, 0.1) is 29.2 Å². The van der Waals surface area contributed by atoms with Crippen LogP contribution in [0.25, 0.3) is 11.0 Å². The summed E-state index contributed by atoms with van der Waals surface area (Å²) < 4.78 is 4.65. The summed E-state index contributed by atoms with van der Waals surface area (Å²) in [5, 5.41) is 17.0. The fraction of sp³-hybridized carbons (Fsp3) is 0.353. The molecular formula is C17H19N5O3. The molecule has 0 radical (unpaired) electrons. The van der Waals surface area contributed by atoms with E-state index in [-0.39, 0.29) is 30.2 Å².